The van der Waals surface area contributed by atoms with Crippen LogP contribution in [0.4, 0.5) is 0 Å². The van der Waals surface area contributed by atoms with Crippen molar-refractivity contribution in [1.29, 1.82) is 0 Å². The monoisotopic (exact) mass is 800 g/mol. The summed E-state index contributed by atoms with van der Waals surface area (Å²) >= 11 is 0. The molecule has 57 heavy (non-hydrogen) atoms. The van der Waals surface area contributed by atoms with Crippen molar-refractivity contribution in [1.82, 2.24) is 5.32 Å². The average molecular weight is 800 g/mol. The molecule has 0 spiro atoms. The molecule has 0 saturated carbocycles. The lowest BCUT2D eigenvalue weighted by Gasteiger charge is -2.20. The molecule has 4 nitrogen and oxygen atoms in total. The Bertz CT molecular complexity index is 866. The fraction of sp³-hybridized carbons (Fsp3) is 0.868. The lowest BCUT2D eigenvalue weighted by atomic mass is 10.0. The number of amides is 1. The molecule has 0 bridgehead atoms. The lowest BCUT2D eigenvalue weighted by Crippen LogP contribution is -2.45. The summed E-state index contributed by atoms with van der Waals surface area (Å²) in [6.45, 7) is 4.27. The lowest BCUT2D eigenvalue weighted by molar-refractivity contribution is -0.123. The number of carbonyl (C=O) groups excluding carboxylic acids is 1. The van der Waals surface area contributed by atoms with Crippen molar-refractivity contribution >= 4 is 5.91 Å². The minimum absolute atomic E-state index is 0.0635. The van der Waals surface area contributed by atoms with Crippen LogP contribution in [0.15, 0.2) is 36.5 Å². The van der Waals surface area contributed by atoms with Gasteiger partial charge in [0.25, 0.3) is 0 Å². The Morgan fingerprint density at radius 3 is 1.05 bits per heavy atom. The van der Waals surface area contributed by atoms with Gasteiger partial charge in [-0.05, 0) is 51.4 Å². The van der Waals surface area contributed by atoms with E-state index in [1.165, 1.54) is 225 Å². The van der Waals surface area contributed by atoms with Crippen LogP contribution in [0.2, 0.25) is 0 Å². The van der Waals surface area contributed by atoms with Gasteiger partial charge in [-0.15, -0.1) is 0 Å². The highest BCUT2D eigenvalue weighted by molar-refractivity contribution is 5.76. The SMILES string of the molecule is CCCCCCC/C=C\C/C=C\CCCCCCCCCCCCCCCCCCCCCCCCCCCC(=O)NC(CO)C(O)/C=C/CCCCCCCC. The maximum absolute atomic E-state index is 12.3. The number of rotatable bonds is 47. The number of aliphatic hydroxyl groups excluding tert-OH is 2. The molecule has 0 rings (SSSR count). The minimum Gasteiger partial charge on any atom is -0.394 e. The van der Waals surface area contributed by atoms with Gasteiger partial charge in [0, 0.05) is 6.42 Å². The largest absolute Gasteiger partial charge is 0.394 e. The standard InChI is InChI=1S/C53H101NO3/c1-3-5-7-9-11-13-14-15-16-17-18-19-20-21-22-23-24-25-26-27-28-29-30-31-32-33-34-35-36-37-38-39-40-41-43-45-47-49-53(57)54-51(50-55)52(56)48-46-44-42-12-10-8-6-4-2/h14-15,17-18,46,48,51-52,55-56H,3-13,16,19-45,47,49-50H2,1-2H3,(H,54,57)/b15-14-,18-17-,48-46+. The third-order valence-electron chi connectivity index (χ3n) is 11.9. The van der Waals surface area contributed by atoms with Crippen molar-refractivity contribution < 1.29 is 15.0 Å². The summed E-state index contributed by atoms with van der Waals surface area (Å²) < 4.78 is 0. The number of allylic oxidation sites excluding steroid dienone is 5. The molecule has 1 amide bonds. The van der Waals surface area contributed by atoms with Gasteiger partial charge in [0.1, 0.15) is 0 Å². The smallest absolute Gasteiger partial charge is 0.220 e. The topological polar surface area (TPSA) is 69.6 Å². The van der Waals surface area contributed by atoms with Gasteiger partial charge < -0.3 is 15.5 Å². The molecular weight excluding hydrogens is 699 g/mol. The van der Waals surface area contributed by atoms with Crippen molar-refractivity contribution in [3.8, 4) is 0 Å². The molecule has 336 valence electrons. The Kier molecular flexibility index (Phi) is 47.8. The molecule has 0 heterocycles. The number of nitrogens with one attached hydrogen (secondary N) is 1. The van der Waals surface area contributed by atoms with E-state index in [0.29, 0.717) is 6.42 Å². The fourth-order valence-corrected chi connectivity index (χ4v) is 7.92. The van der Waals surface area contributed by atoms with Crippen LogP contribution < -0.4 is 5.32 Å². The first-order valence-corrected chi connectivity index (χ1v) is 25.7. The summed E-state index contributed by atoms with van der Waals surface area (Å²) in [5.41, 5.74) is 0. The van der Waals surface area contributed by atoms with Crippen molar-refractivity contribution in [3.05, 3.63) is 36.5 Å². The first-order valence-electron chi connectivity index (χ1n) is 25.7. The number of carbonyl (C=O) groups is 1. The normalized spacial score (nSPS) is 13.1. The zero-order valence-corrected chi connectivity index (χ0v) is 38.6. The molecule has 3 N–H and O–H groups in total. The van der Waals surface area contributed by atoms with Gasteiger partial charge in [-0.3, -0.25) is 4.79 Å². The summed E-state index contributed by atoms with van der Waals surface area (Å²) in [5.74, 6) is -0.0635. The Hall–Kier alpha value is -1.39. The molecule has 0 aliphatic carbocycles. The van der Waals surface area contributed by atoms with E-state index in [-0.39, 0.29) is 12.5 Å². The number of hydrogen-bond acceptors (Lipinski definition) is 3. The van der Waals surface area contributed by atoms with Gasteiger partial charge in [0.2, 0.25) is 5.91 Å². The molecule has 0 aliphatic rings. The second-order valence-electron chi connectivity index (χ2n) is 17.6. The molecule has 0 aromatic heterocycles. The number of unbranched alkanes of at least 4 members (excludes halogenated alkanes) is 36. The highest BCUT2D eigenvalue weighted by Crippen LogP contribution is 2.17. The van der Waals surface area contributed by atoms with E-state index in [4.69, 9.17) is 0 Å². The summed E-state index contributed by atoms with van der Waals surface area (Å²) in [4.78, 5) is 12.3. The third-order valence-corrected chi connectivity index (χ3v) is 11.9. The van der Waals surface area contributed by atoms with Crippen molar-refractivity contribution in [2.24, 2.45) is 0 Å². The second kappa shape index (κ2) is 49.0. The summed E-state index contributed by atoms with van der Waals surface area (Å²) in [6.07, 6.45) is 66.0. The maximum atomic E-state index is 12.3. The van der Waals surface area contributed by atoms with E-state index >= 15 is 0 Å². The number of aliphatic hydroxyl groups is 2. The van der Waals surface area contributed by atoms with Gasteiger partial charge in [0.15, 0.2) is 0 Å². The highest BCUT2D eigenvalue weighted by Gasteiger charge is 2.18. The van der Waals surface area contributed by atoms with E-state index in [2.05, 4.69) is 43.5 Å². The van der Waals surface area contributed by atoms with Gasteiger partial charge in [-0.1, -0.05) is 256 Å². The van der Waals surface area contributed by atoms with Crippen LogP contribution in [0.1, 0.15) is 277 Å². The third kappa shape index (κ3) is 45.5. The van der Waals surface area contributed by atoms with E-state index in [1.807, 2.05) is 6.08 Å². The molecule has 0 radical (unpaired) electrons. The summed E-state index contributed by atoms with van der Waals surface area (Å²) in [7, 11) is 0. The molecule has 2 atom stereocenters. The van der Waals surface area contributed by atoms with Gasteiger partial charge in [-0.25, -0.2) is 0 Å². The van der Waals surface area contributed by atoms with Gasteiger partial charge in [0.05, 0.1) is 18.8 Å². The van der Waals surface area contributed by atoms with E-state index in [0.717, 1.165) is 32.1 Å². The van der Waals surface area contributed by atoms with Crippen LogP contribution in [0.5, 0.6) is 0 Å². The molecule has 0 aromatic rings. The summed E-state index contributed by atoms with van der Waals surface area (Å²) in [5, 5.41) is 22.9. The van der Waals surface area contributed by atoms with Gasteiger partial charge in [-0.2, -0.15) is 0 Å². The predicted octanol–water partition coefficient (Wildman–Crippen LogP) is 16.5. The van der Waals surface area contributed by atoms with Crippen LogP contribution in [0.3, 0.4) is 0 Å². The molecule has 2 unspecified atom stereocenters. The predicted molar refractivity (Wildman–Crippen MR) is 253 cm³/mol. The van der Waals surface area contributed by atoms with Crippen molar-refractivity contribution in [2.75, 3.05) is 6.61 Å². The zero-order chi connectivity index (χ0) is 41.4. The molecule has 4 heteroatoms. The van der Waals surface area contributed by atoms with Crippen molar-refractivity contribution in [3.63, 3.8) is 0 Å². The maximum Gasteiger partial charge on any atom is 0.220 e. The molecule has 0 aliphatic heterocycles. The Morgan fingerprint density at radius 1 is 0.421 bits per heavy atom. The fourth-order valence-electron chi connectivity index (χ4n) is 7.92. The Labute approximate surface area is 357 Å². The molecule has 0 fully saturated rings. The van der Waals surface area contributed by atoms with Crippen LogP contribution in [0.25, 0.3) is 0 Å². The quantitative estimate of drug-likeness (QED) is 0.0424. The average Bonchev–Trinajstić information content (AvgIpc) is 3.22. The van der Waals surface area contributed by atoms with Crippen LogP contribution in [-0.2, 0) is 4.79 Å². The Balaban J connectivity index is 3.34. The van der Waals surface area contributed by atoms with Crippen molar-refractivity contribution in [2.45, 2.75) is 289 Å². The van der Waals surface area contributed by atoms with Gasteiger partial charge >= 0.3 is 0 Å². The Morgan fingerprint density at radius 2 is 0.719 bits per heavy atom. The highest BCUT2D eigenvalue weighted by atomic mass is 16.3. The van der Waals surface area contributed by atoms with Crippen LogP contribution in [-0.4, -0.2) is 34.9 Å². The summed E-state index contributed by atoms with van der Waals surface area (Å²) in [6, 6.07) is -0.617. The molecular formula is C53H101NO3. The molecule has 0 aromatic carbocycles. The van der Waals surface area contributed by atoms with E-state index in [9.17, 15) is 15.0 Å². The second-order valence-corrected chi connectivity index (χ2v) is 17.6. The first kappa shape index (κ1) is 55.6. The minimum atomic E-state index is -0.833. The first-order chi connectivity index (χ1) is 28.2. The number of hydrogen-bond donors (Lipinski definition) is 3. The molecule has 0 saturated heterocycles. The van der Waals surface area contributed by atoms with Crippen LogP contribution >= 0.6 is 0 Å². The van der Waals surface area contributed by atoms with Crippen LogP contribution in [0, 0.1) is 0 Å². The van der Waals surface area contributed by atoms with E-state index in [1.54, 1.807) is 6.08 Å². The van der Waals surface area contributed by atoms with E-state index < -0.39 is 12.1 Å². The zero-order valence-electron chi connectivity index (χ0n) is 38.6.